The number of ether oxygens (including phenoxy) is 9. The van der Waals surface area contributed by atoms with E-state index in [1.54, 1.807) is 96.5 Å². The largest absolute Gasteiger partial charge is 0.495 e. The van der Waals surface area contributed by atoms with Gasteiger partial charge in [0.1, 0.15) is 59.7 Å². The van der Waals surface area contributed by atoms with E-state index < -0.39 is 120 Å². The highest BCUT2D eigenvalue weighted by atomic mass is 35.5. The highest BCUT2D eigenvalue weighted by molar-refractivity contribution is 8.08. The summed E-state index contributed by atoms with van der Waals surface area (Å²) in [5.74, 6) is -5.54. The van der Waals surface area contributed by atoms with Crippen LogP contribution in [-0.2, 0) is 69.7 Å². The Kier molecular flexibility index (Phi) is 23.3. The van der Waals surface area contributed by atoms with Crippen molar-refractivity contribution in [2.45, 2.75) is 105 Å². The number of imide groups is 1. The number of likely N-dealkylation sites (N-methyl/N-ethyl adjacent to an activating group) is 1. The predicted octanol–water partition coefficient (Wildman–Crippen LogP) is 8.24. The monoisotopic (exact) mass is 1430 g/mol. The first-order chi connectivity index (χ1) is 47.1. The van der Waals surface area contributed by atoms with Gasteiger partial charge in [-0.1, -0.05) is 65.8 Å². The van der Waals surface area contributed by atoms with Crippen molar-refractivity contribution in [3.63, 3.8) is 0 Å². The zero-order valence-corrected chi connectivity index (χ0v) is 57.9. The number of methoxy groups -OCH3 is 2. The molecule has 0 saturated carbocycles. The summed E-state index contributed by atoms with van der Waals surface area (Å²) in [5.41, 5.74) is -2.95. The van der Waals surface area contributed by atoms with Crippen LogP contribution in [0.15, 0.2) is 122 Å². The summed E-state index contributed by atoms with van der Waals surface area (Å²) in [4.78, 5) is 118. The molecular formula is C69H76ClF3N6O18S2. The lowest BCUT2D eigenvalue weighted by Gasteiger charge is -2.42. The Morgan fingerprint density at radius 1 is 0.838 bits per heavy atom. The molecule has 4 aromatic carbocycles. The Hall–Kier alpha value is -8.00. The number of anilines is 2. The Morgan fingerprint density at radius 2 is 1.42 bits per heavy atom. The number of nitrogens with one attached hydrogen (secondary N) is 1. The van der Waals surface area contributed by atoms with Crippen LogP contribution in [0, 0.1) is 5.92 Å². The first kappa shape index (κ1) is 73.7. The van der Waals surface area contributed by atoms with Crippen LogP contribution in [0.2, 0.25) is 5.02 Å². The molecule has 4 aromatic rings. The van der Waals surface area contributed by atoms with Crippen molar-refractivity contribution in [1.82, 2.24) is 20.0 Å². The van der Waals surface area contributed by atoms with Crippen LogP contribution in [0.1, 0.15) is 72.4 Å². The number of epoxide rings is 1. The van der Waals surface area contributed by atoms with E-state index in [9.17, 15) is 43.5 Å². The number of aliphatic hydroxyl groups is 1. The number of fused-ring (bicyclic) bond motifs is 5. The van der Waals surface area contributed by atoms with Crippen molar-refractivity contribution >= 4 is 94.0 Å². The van der Waals surface area contributed by atoms with E-state index in [1.807, 2.05) is 13.0 Å². The van der Waals surface area contributed by atoms with E-state index in [4.69, 9.17) is 54.2 Å². The molecule has 0 unspecified atom stereocenters. The molecule has 0 aromatic heterocycles. The van der Waals surface area contributed by atoms with Gasteiger partial charge in [-0.25, -0.2) is 14.5 Å². The van der Waals surface area contributed by atoms with Crippen LogP contribution in [0.25, 0.3) is 0 Å². The maximum Gasteiger partial charge on any atom is 0.418 e. The molecule has 2 N–H and O–H groups in total. The molecule has 6 heterocycles. The second-order valence-corrected chi connectivity index (χ2v) is 27.2. The van der Waals surface area contributed by atoms with Crippen LogP contribution >= 0.6 is 35.1 Å². The molecule has 530 valence electrons. The highest BCUT2D eigenvalue weighted by Gasteiger charge is 2.65. The topological polar surface area (TPSA) is 271 Å². The van der Waals surface area contributed by atoms with Gasteiger partial charge in [0.25, 0.3) is 23.6 Å². The van der Waals surface area contributed by atoms with Gasteiger partial charge >= 0.3 is 18.2 Å². The van der Waals surface area contributed by atoms with Crippen molar-refractivity contribution in [2.24, 2.45) is 5.92 Å². The number of halogens is 4. The van der Waals surface area contributed by atoms with Gasteiger partial charge in [0.2, 0.25) is 11.8 Å². The molecule has 4 bridgehead atoms. The number of esters is 1. The van der Waals surface area contributed by atoms with Crippen LogP contribution in [0.3, 0.4) is 0 Å². The number of alkyl carbamates (subject to hydrolysis) is 1. The van der Waals surface area contributed by atoms with Gasteiger partial charge in [-0.15, -0.1) is 0 Å². The molecule has 0 aliphatic carbocycles. The Morgan fingerprint density at radius 3 is 1.98 bits per heavy atom. The lowest BCUT2D eigenvalue weighted by atomic mass is 9.83. The summed E-state index contributed by atoms with van der Waals surface area (Å²) in [6, 6.07) is 17.4. The minimum absolute atomic E-state index is 0.132. The molecule has 6 aliphatic rings. The average Bonchev–Trinajstić information content (AvgIpc) is 1.58. The summed E-state index contributed by atoms with van der Waals surface area (Å²) >= 11 is 8.52. The Labute approximate surface area is 582 Å². The fourth-order valence-electron chi connectivity index (χ4n) is 12.1. The Balaban J connectivity index is 0.802. The highest BCUT2D eigenvalue weighted by Crippen LogP contribution is 2.51. The minimum atomic E-state index is -5.15. The fraction of sp³-hybridized carbons (Fsp3) is 0.449. The molecule has 4 fully saturated rings. The van der Waals surface area contributed by atoms with Crippen molar-refractivity contribution in [3.05, 3.63) is 140 Å². The third-order valence-corrected chi connectivity index (χ3v) is 20.7. The number of thioether (sulfide) groups is 2. The smallest absolute Gasteiger partial charge is 0.418 e. The first-order valence-corrected chi connectivity index (χ1v) is 33.8. The number of hydrogen-bond donors (Lipinski definition) is 2. The number of carbonyl (C=O) groups excluding carboxylic acids is 8. The molecule has 24 nitrogen and oxygen atoms in total. The number of hydrogen-bond acceptors (Lipinski definition) is 20. The fourth-order valence-corrected chi connectivity index (χ4v) is 14.4. The second kappa shape index (κ2) is 31.3. The molecule has 7 amide bonds. The van der Waals surface area contributed by atoms with Gasteiger partial charge < -0.3 is 67.3 Å². The van der Waals surface area contributed by atoms with E-state index >= 15 is 13.2 Å². The molecule has 10 rings (SSSR count). The van der Waals surface area contributed by atoms with E-state index in [0.717, 1.165) is 51.7 Å². The third kappa shape index (κ3) is 16.7. The molecule has 0 spiro atoms. The maximum atomic E-state index is 15.2. The van der Waals surface area contributed by atoms with Gasteiger partial charge in [0.15, 0.2) is 5.72 Å². The minimum Gasteiger partial charge on any atom is -0.495 e. The zero-order chi connectivity index (χ0) is 71.3. The number of allylic oxidation sites excluding steroid dienone is 3. The quantitative estimate of drug-likeness (QED) is 0.0411. The Bertz CT molecular complexity index is 3750. The SMILES string of the molecule is COc1cc2cc(c1Cl)N(C)C(=O)C[C@H](OC(=O)[C@H](C)N(C)C(=O)COCCOc1ccc(N3C(=O)C(Sc4ccc(C(=O)N5CCOCC5)cc4)=C(Sc4ccc(C(=O)N5CCOCC5)cc4)C3=O)c(C(F)(F)F)c1)[C@]1(C)O[C@H]1[C@H](C)[C@@H]1C[C@@](O)(NC(=O)O1)[C@H](OC)/C=C/C=C(\C)C2. The van der Waals surface area contributed by atoms with Crippen molar-refractivity contribution < 1.29 is 99.3 Å². The molecule has 0 radical (unpaired) electrons. The summed E-state index contributed by atoms with van der Waals surface area (Å²) in [6.45, 7) is 8.34. The normalized spacial score (nSPS) is 25.0. The lowest BCUT2D eigenvalue weighted by Crippen LogP contribution is -2.63. The number of amides is 7. The van der Waals surface area contributed by atoms with Crippen molar-refractivity contribution in [2.75, 3.05) is 111 Å². The number of nitrogens with zero attached hydrogens (tertiary/aromatic N) is 5. The molecule has 30 heteroatoms. The van der Waals surface area contributed by atoms with Crippen LogP contribution < -0.4 is 24.6 Å². The molecule has 99 heavy (non-hydrogen) atoms. The summed E-state index contributed by atoms with van der Waals surface area (Å²) in [6.07, 6.45) is -5.41. The standard InChI is InChI=1S/C69H76ClF3N6O18S2/c1-39-10-9-11-53(90-8)68(88)37-52(95-66(87)74-68)40(2)60-67(4,97-60)54(36-55(80)76(6)50-33-42(32-39)34-51(89-7)57(50)70)96-65(86)41(3)75(5)56(81)38-93-30-31-94-45-16-21-49(48(35-45)69(71,72)73)79-63(84)58(98-46-17-12-43(13-18-46)61(82)77-22-26-91-27-23-77)59(64(79)85)99-47-19-14-44(15-20-47)62(83)78-24-28-92-29-25-78/h9-21,33-35,40-41,52-54,60,88H,22-32,36-38H2,1-8H3,(H,74,87)/b11-9+,39-10+/t40-,41+,52+,53-,54+,60+,67+,68+/m1/s1. The zero-order valence-electron chi connectivity index (χ0n) is 55.6. The van der Waals surface area contributed by atoms with Crippen molar-refractivity contribution in [3.8, 4) is 11.5 Å². The average molecular weight is 1430 g/mol. The van der Waals surface area contributed by atoms with Gasteiger partial charge in [0, 0.05) is 80.6 Å². The molecule has 6 aliphatic heterocycles. The van der Waals surface area contributed by atoms with Crippen LogP contribution in [-0.4, -0.2) is 210 Å². The number of benzene rings is 4. The van der Waals surface area contributed by atoms with Crippen molar-refractivity contribution in [1.29, 1.82) is 0 Å². The van der Waals surface area contributed by atoms with E-state index in [0.29, 0.717) is 90.9 Å². The third-order valence-electron chi connectivity index (χ3n) is 18.0. The molecule has 4 saturated heterocycles. The number of alkyl halides is 3. The number of rotatable bonds is 18. The second-order valence-electron chi connectivity index (χ2n) is 24.6. The lowest BCUT2D eigenvalue weighted by molar-refractivity contribution is -0.162. The van der Waals surface area contributed by atoms with E-state index in [2.05, 4.69) is 5.32 Å². The summed E-state index contributed by atoms with van der Waals surface area (Å²) in [5, 5.41) is 14.5. The van der Waals surface area contributed by atoms with E-state index in [-0.39, 0.29) is 56.9 Å². The number of morpholine rings is 2. The van der Waals surface area contributed by atoms with Gasteiger partial charge in [0.05, 0.1) is 79.4 Å². The van der Waals surface area contributed by atoms with Gasteiger partial charge in [-0.05, 0) is 112 Å². The van der Waals surface area contributed by atoms with Gasteiger partial charge in [-0.2, -0.15) is 13.2 Å². The summed E-state index contributed by atoms with van der Waals surface area (Å²) in [7, 11) is 5.63. The molecule has 8 atom stereocenters. The van der Waals surface area contributed by atoms with Crippen LogP contribution in [0.4, 0.5) is 29.3 Å². The first-order valence-electron chi connectivity index (χ1n) is 31.8. The predicted molar refractivity (Wildman–Crippen MR) is 356 cm³/mol. The van der Waals surface area contributed by atoms with E-state index in [1.165, 1.54) is 40.1 Å². The maximum absolute atomic E-state index is 15.2. The summed E-state index contributed by atoms with van der Waals surface area (Å²) < 4.78 is 97.1. The van der Waals surface area contributed by atoms with Gasteiger partial charge in [-0.3, -0.25) is 34.1 Å². The molecular weight excluding hydrogens is 1360 g/mol. The number of carbonyl (C=O) groups is 8. The van der Waals surface area contributed by atoms with Crippen LogP contribution in [0.5, 0.6) is 11.5 Å².